The summed E-state index contributed by atoms with van der Waals surface area (Å²) in [4.78, 5) is 35.7. The lowest BCUT2D eigenvalue weighted by Gasteiger charge is -2.24. The number of benzene rings is 1. The second kappa shape index (κ2) is 8.11. The highest BCUT2D eigenvalue weighted by atomic mass is 19.1. The summed E-state index contributed by atoms with van der Waals surface area (Å²) in [7, 11) is 0. The molecule has 2 N–H and O–H groups in total. The van der Waals surface area contributed by atoms with Crippen molar-refractivity contribution in [1.82, 2.24) is 10.2 Å². The number of hydrogen-bond donors (Lipinski definition) is 2. The number of carbonyl (C=O) groups is 3. The van der Waals surface area contributed by atoms with E-state index >= 15 is 0 Å². The molecule has 0 aliphatic carbocycles. The fraction of sp³-hybridized carbons (Fsp3) is 0.400. The minimum Gasteiger partial charge on any atom is -0.480 e. The average Bonchev–Trinajstić information content (AvgIpc) is 2.44. The smallest absolute Gasteiger partial charge is 0.323 e. The number of nitrogens with zero attached hydrogens (tertiary/aromatic N) is 1. The molecule has 0 bridgehead atoms. The molecule has 6 nitrogen and oxygen atoms in total. The molecule has 0 aliphatic rings. The van der Waals surface area contributed by atoms with E-state index in [1.54, 1.807) is 13.8 Å². The lowest BCUT2D eigenvalue weighted by molar-refractivity contribution is -0.145. The summed E-state index contributed by atoms with van der Waals surface area (Å²) in [5.41, 5.74) is 0.292. The predicted octanol–water partition coefficient (Wildman–Crippen LogP) is 1.27. The van der Waals surface area contributed by atoms with Gasteiger partial charge in [0.05, 0.1) is 0 Å². The first-order chi connectivity index (χ1) is 10.3. The lowest BCUT2D eigenvalue weighted by atomic mass is 10.2. The maximum Gasteiger partial charge on any atom is 0.323 e. The minimum atomic E-state index is -1.09. The van der Waals surface area contributed by atoms with Crippen molar-refractivity contribution in [3.05, 3.63) is 35.6 Å². The summed E-state index contributed by atoms with van der Waals surface area (Å²) >= 11 is 0. The van der Waals surface area contributed by atoms with E-state index in [4.69, 9.17) is 5.11 Å². The number of rotatable bonds is 7. The Labute approximate surface area is 127 Å². The fourth-order valence-electron chi connectivity index (χ4n) is 1.83. The van der Waals surface area contributed by atoms with E-state index in [-0.39, 0.29) is 31.5 Å². The molecule has 0 saturated heterocycles. The zero-order chi connectivity index (χ0) is 16.7. The molecule has 7 heteroatoms. The van der Waals surface area contributed by atoms with E-state index < -0.39 is 17.7 Å². The van der Waals surface area contributed by atoms with Crippen LogP contribution in [-0.2, 0) is 9.59 Å². The molecule has 0 unspecified atom stereocenters. The van der Waals surface area contributed by atoms with E-state index in [1.165, 1.54) is 29.2 Å². The van der Waals surface area contributed by atoms with Crippen LogP contribution in [-0.4, -0.2) is 46.9 Å². The van der Waals surface area contributed by atoms with Crippen LogP contribution in [0.5, 0.6) is 0 Å². The van der Waals surface area contributed by atoms with E-state index in [0.29, 0.717) is 5.56 Å². The standard InChI is InChI=1S/C15H19FN2O4/c1-10(2)18(9-14(20)21)13(19)7-8-17-15(22)11-3-5-12(16)6-4-11/h3-6,10H,7-9H2,1-2H3,(H,17,22)(H,20,21). The lowest BCUT2D eigenvalue weighted by Crippen LogP contribution is -2.42. The van der Waals surface area contributed by atoms with Crippen LogP contribution in [0.15, 0.2) is 24.3 Å². The molecule has 0 fully saturated rings. The number of carboxylic acids is 1. The van der Waals surface area contributed by atoms with Gasteiger partial charge in [0, 0.05) is 24.6 Å². The fourth-order valence-corrected chi connectivity index (χ4v) is 1.83. The van der Waals surface area contributed by atoms with Crippen molar-refractivity contribution in [1.29, 1.82) is 0 Å². The van der Waals surface area contributed by atoms with Gasteiger partial charge in [-0.15, -0.1) is 0 Å². The number of amides is 2. The number of halogens is 1. The SMILES string of the molecule is CC(C)N(CC(=O)O)C(=O)CCNC(=O)c1ccc(F)cc1. The molecule has 22 heavy (non-hydrogen) atoms. The molecule has 0 aliphatic heterocycles. The second-order valence-electron chi connectivity index (χ2n) is 5.02. The van der Waals surface area contributed by atoms with Crippen LogP contribution < -0.4 is 5.32 Å². The van der Waals surface area contributed by atoms with E-state index in [9.17, 15) is 18.8 Å². The molecule has 1 rings (SSSR count). The largest absolute Gasteiger partial charge is 0.480 e. The van der Waals surface area contributed by atoms with Crippen molar-refractivity contribution < 1.29 is 23.9 Å². The van der Waals surface area contributed by atoms with E-state index in [2.05, 4.69) is 5.32 Å². The highest BCUT2D eigenvalue weighted by molar-refractivity contribution is 5.94. The second-order valence-corrected chi connectivity index (χ2v) is 5.02. The quantitative estimate of drug-likeness (QED) is 0.794. The minimum absolute atomic E-state index is 0.00159. The molecule has 0 radical (unpaired) electrons. The summed E-state index contributed by atoms with van der Waals surface area (Å²) in [6.45, 7) is 3.15. The summed E-state index contributed by atoms with van der Waals surface area (Å²) in [6, 6.07) is 4.80. The summed E-state index contributed by atoms with van der Waals surface area (Å²) in [6.07, 6.45) is -0.00159. The normalized spacial score (nSPS) is 10.4. The Hall–Kier alpha value is -2.44. The van der Waals surface area contributed by atoms with Gasteiger partial charge in [-0.2, -0.15) is 0 Å². The van der Waals surface area contributed by atoms with Gasteiger partial charge < -0.3 is 15.3 Å². The maximum absolute atomic E-state index is 12.7. The summed E-state index contributed by atoms with van der Waals surface area (Å²) < 4.78 is 12.7. The molecule has 0 atom stereocenters. The Balaban J connectivity index is 2.48. The number of carbonyl (C=O) groups excluding carboxylic acids is 2. The van der Waals surface area contributed by atoms with Crippen LogP contribution in [0, 0.1) is 5.82 Å². The Morgan fingerprint density at radius 2 is 1.82 bits per heavy atom. The topological polar surface area (TPSA) is 86.7 Å². The monoisotopic (exact) mass is 310 g/mol. The van der Waals surface area contributed by atoms with Gasteiger partial charge >= 0.3 is 5.97 Å². The van der Waals surface area contributed by atoms with Crippen LogP contribution in [0.1, 0.15) is 30.6 Å². The van der Waals surface area contributed by atoms with Crippen LogP contribution in [0.4, 0.5) is 4.39 Å². The molecule has 2 amide bonds. The van der Waals surface area contributed by atoms with Gasteiger partial charge in [0.2, 0.25) is 5.91 Å². The van der Waals surface area contributed by atoms with Gasteiger partial charge in [-0.05, 0) is 38.1 Å². The van der Waals surface area contributed by atoms with E-state index in [1.807, 2.05) is 0 Å². The average molecular weight is 310 g/mol. The molecule has 0 heterocycles. The molecular formula is C15H19FN2O4. The molecule has 120 valence electrons. The highest BCUT2D eigenvalue weighted by Gasteiger charge is 2.19. The molecule has 0 aromatic heterocycles. The Kier molecular flexibility index (Phi) is 6.49. The maximum atomic E-state index is 12.7. The van der Waals surface area contributed by atoms with Crippen molar-refractivity contribution in [3.63, 3.8) is 0 Å². The van der Waals surface area contributed by atoms with Crippen molar-refractivity contribution >= 4 is 17.8 Å². The first-order valence-electron chi connectivity index (χ1n) is 6.86. The third-order valence-corrected chi connectivity index (χ3v) is 2.98. The van der Waals surface area contributed by atoms with Crippen LogP contribution in [0.2, 0.25) is 0 Å². The van der Waals surface area contributed by atoms with Crippen molar-refractivity contribution in [2.45, 2.75) is 26.3 Å². The zero-order valence-corrected chi connectivity index (χ0v) is 12.5. The number of hydrogen-bond acceptors (Lipinski definition) is 3. The van der Waals surface area contributed by atoms with Crippen LogP contribution >= 0.6 is 0 Å². The Morgan fingerprint density at radius 1 is 1.23 bits per heavy atom. The molecule has 1 aromatic rings. The van der Waals surface area contributed by atoms with Gasteiger partial charge in [-0.25, -0.2) is 4.39 Å². The molecule has 1 aromatic carbocycles. The van der Waals surface area contributed by atoms with Gasteiger partial charge in [0.25, 0.3) is 5.91 Å². The number of aliphatic carboxylic acids is 1. The van der Waals surface area contributed by atoms with Crippen LogP contribution in [0.3, 0.4) is 0 Å². The first kappa shape index (κ1) is 17.6. The third kappa shape index (κ3) is 5.51. The Morgan fingerprint density at radius 3 is 2.32 bits per heavy atom. The third-order valence-electron chi connectivity index (χ3n) is 2.98. The molecule has 0 saturated carbocycles. The zero-order valence-electron chi connectivity index (χ0n) is 12.5. The van der Waals surface area contributed by atoms with E-state index in [0.717, 1.165) is 0 Å². The first-order valence-corrected chi connectivity index (χ1v) is 6.86. The van der Waals surface area contributed by atoms with Crippen LogP contribution in [0.25, 0.3) is 0 Å². The van der Waals surface area contributed by atoms with Gasteiger partial charge in [-0.3, -0.25) is 14.4 Å². The highest BCUT2D eigenvalue weighted by Crippen LogP contribution is 2.04. The summed E-state index contributed by atoms with van der Waals surface area (Å²) in [5.74, 6) is -2.29. The van der Waals surface area contributed by atoms with Gasteiger partial charge in [-0.1, -0.05) is 0 Å². The number of nitrogens with one attached hydrogen (secondary N) is 1. The summed E-state index contributed by atoms with van der Waals surface area (Å²) in [5, 5.41) is 11.3. The van der Waals surface area contributed by atoms with Crippen molar-refractivity contribution in [2.24, 2.45) is 0 Å². The van der Waals surface area contributed by atoms with Gasteiger partial charge in [0.1, 0.15) is 12.4 Å². The number of carboxylic acid groups (broad SMARTS) is 1. The Bertz CT molecular complexity index is 543. The molecular weight excluding hydrogens is 291 g/mol. The van der Waals surface area contributed by atoms with Crippen molar-refractivity contribution in [3.8, 4) is 0 Å². The van der Waals surface area contributed by atoms with Gasteiger partial charge in [0.15, 0.2) is 0 Å². The molecule has 0 spiro atoms. The predicted molar refractivity (Wildman–Crippen MR) is 77.8 cm³/mol. The van der Waals surface area contributed by atoms with Crippen molar-refractivity contribution in [2.75, 3.05) is 13.1 Å².